The van der Waals surface area contributed by atoms with Crippen molar-refractivity contribution in [3.63, 3.8) is 0 Å². The predicted octanol–water partition coefficient (Wildman–Crippen LogP) is 3.92. The van der Waals surface area contributed by atoms with Gasteiger partial charge < -0.3 is 10.1 Å². The molecule has 0 aliphatic rings. The highest BCUT2D eigenvalue weighted by molar-refractivity contribution is 6.31. The molecule has 1 aromatic carbocycles. The molecule has 7 heteroatoms. The first kappa shape index (κ1) is 22.7. The number of carbonyl (C=O) groups is 2. The average Bonchev–Trinajstić information content (AvgIpc) is 2.93. The molecular formula is C22H28ClN3O3. The third-order valence-electron chi connectivity index (χ3n) is 4.84. The lowest BCUT2D eigenvalue weighted by Gasteiger charge is -2.16. The summed E-state index contributed by atoms with van der Waals surface area (Å²) in [7, 11) is 0. The minimum absolute atomic E-state index is 0.0194. The van der Waals surface area contributed by atoms with Crippen molar-refractivity contribution in [3.8, 4) is 0 Å². The van der Waals surface area contributed by atoms with Gasteiger partial charge in [0.25, 0.3) is 5.91 Å². The van der Waals surface area contributed by atoms with E-state index in [4.69, 9.17) is 16.3 Å². The van der Waals surface area contributed by atoms with E-state index >= 15 is 0 Å². The number of esters is 1. The highest BCUT2D eigenvalue weighted by atomic mass is 35.5. The molecule has 1 amide bonds. The van der Waals surface area contributed by atoms with Crippen LogP contribution in [0.2, 0.25) is 5.02 Å². The van der Waals surface area contributed by atoms with E-state index in [1.807, 2.05) is 63.6 Å². The first-order valence-corrected chi connectivity index (χ1v) is 9.98. The number of aryl methyl sites for hydroxylation is 1. The third kappa shape index (κ3) is 6.46. The topological polar surface area (TPSA) is 73.2 Å². The van der Waals surface area contributed by atoms with Gasteiger partial charge in [0.15, 0.2) is 6.61 Å². The van der Waals surface area contributed by atoms with Gasteiger partial charge in [-0.1, -0.05) is 43.6 Å². The third-order valence-corrected chi connectivity index (χ3v) is 5.20. The average molecular weight is 418 g/mol. The van der Waals surface area contributed by atoms with Gasteiger partial charge in [0.2, 0.25) is 0 Å². The number of aromatic nitrogens is 2. The number of rotatable bonds is 8. The second kappa shape index (κ2) is 10.3. The number of hydrogen-bond donors (Lipinski definition) is 1. The van der Waals surface area contributed by atoms with E-state index in [1.165, 1.54) is 6.08 Å². The van der Waals surface area contributed by atoms with Crippen LogP contribution in [0.25, 0.3) is 6.08 Å². The molecule has 0 saturated heterocycles. The highest BCUT2D eigenvalue weighted by Crippen LogP contribution is 2.20. The number of carbonyl (C=O) groups excluding carboxylic acids is 2. The Morgan fingerprint density at radius 3 is 2.59 bits per heavy atom. The molecular weight excluding hydrogens is 390 g/mol. The summed E-state index contributed by atoms with van der Waals surface area (Å²) >= 11 is 6.24. The molecule has 0 radical (unpaired) electrons. The fraction of sp³-hybridized carbons (Fsp3) is 0.409. The Kier molecular flexibility index (Phi) is 8.02. The Bertz CT molecular complexity index is 903. The van der Waals surface area contributed by atoms with E-state index in [-0.39, 0.29) is 18.6 Å². The molecule has 6 nitrogen and oxygen atoms in total. The standard InChI is InChI=1S/C22H28ClN3O3/c1-14(2)15(3)24-21(27)13-29-22(28)11-10-19-16(4)25-26(17(19)5)12-18-8-6-7-9-20(18)23/h6-11,14-15H,12-13H2,1-5H3,(H,24,27)/b11-10+. The molecule has 156 valence electrons. The first-order chi connectivity index (χ1) is 13.7. The Morgan fingerprint density at radius 2 is 1.93 bits per heavy atom. The zero-order chi connectivity index (χ0) is 21.6. The Balaban J connectivity index is 1.98. The van der Waals surface area contributed by atoms with Crippen LogP contribution in [-0.4, -0.2) is 34.3 Å². The molecule has 0 bridgehead atoms. The monoisotopic (exact) mass is 417 g/mol. The van der Waals surface area contributed by atoms with E-state index < -0.39 is 5.97 Å². The molecule has 1 atom stereocenters. The summed E-state index contributed by atoms with van der Waals surface area (Å²) in [5, 5.41) is 8.02. The van der Waals surface area contributed by atoms with E-state index in [0.29, 0.717) is 17.5 Å². The zero-order valence-electron chi connectivity index (χ0n) is 17.5. The molecule has 1 N–H and O–H groups in total. The van der Waals surface area contributed by atoms with Crippen LogP contribution in [0.4, 0.5) is 0 Å². The molecule has 1 heterocycles. The van der Waals surface area contributed by atoms with E-state index in [9.17, 15) is 9.59 Å². The van der Waals surface area contributed by atoms with Gasteiger partial charge in [-0.3, -0.25) is 9.48 Å². The highest BCUT2D eigenvalue weighted by Gasteiger charge is 2.13. The van der Waals surface area contributed by atoms with Crippen molar-refractivity contribution >= 4 is 29.6 Å². The fourth-order valence-electron chi connectivity index (χ4n) is 2.69. The molecule has 0 saturated carbocycles. The lowest BCUT2D eigenvalue weighted by atomic mass is 10.1. The quantitative estimate of drug-likeness (QED) is 0.522. The summed E-state index contributed by atoms with van der Waals surface area (Å²) in [5.74, 6) is -0.578. The van der Waals surface area contributed by atoms with Crippen LogP contribution in [0.15, 0.2) is 30.3 Å². The van der Waals surface area contributed by atoms with Gasteiger partial charge in [0.05, 0.1) is 12.2 Å². The van der Waals surface area contributed by atoms with Crippen LogP contribution in [0, 0.1) is 19.8 Å². The van der Waals surface area contributed by atoms with E-state index in [1.54, 1.807) is 6.08 Å². The van der Waals surface area contributed by atoms with Gasteiger partial charge in [-0.25, -0.2) is 4.79 Å². The van der Waals surface area contributed by atoms with Gasteiger partial charge in [-0.05, 0) is 44.4 Å². The molecule has 1 unspecified atom stereocenters. The summed E-state index contributed by atoms with van der Waals surface area (Å²) in [4.78, 5) is 23.8. The van der Waals surface area contributed by atoms with Crippen molar-refractivity contribution in [2.24, 2.45) is 5.92 Å². The maximum absolute atomic E-state index is 12.0. The number of nitrogens with zero attached hydrogens (tertiary/aromatic N) is 2. The fourth-order valence-corrected chi connectivity index (χ4v) is 2.89. The molecule has 0 aliphatic carbocycles. The van der Waals surface area contributed by atoms with Gasteiger partial charge in [0, 0.05) is 28.4 Å². The molecule has 2 aromatic rings. The summed E-state index contributed by atoms with van der Waals surface area (Å²) in [6, 6.07) is 7.64. The van der Waals surface area contributed by atoms with Gasteiger partial charge in [0.1, 0.15) is 0 Å². The van der Waals surface area contributed by atoms with Crippen LogP contribution < -0.4 is 5.32 Å². The van der Waals surface area contributed by atoms with Crippen molar-refractivity contribution in [3.05, 3.63) is 57.9 Å². The van der Waals surface area contributed by atoms with Crippen LogP contribution in [0.5, 0.6) is 0 Å². The first-order valence-electron chi connectivity index (χ1n) is 9.60. The molecule has 0 aliphatic heterocycles. The lowest BCUT2D eigenvalue weighted by Crippen LogP contribution is -2.38. The second-order valence-corrected chi connectivity index (χ2v) is 7.78. The minimum Gasteiger partial charge on any atom is -0.452 e. The summed E-state index contributed by atoms with van der Waals surface area (Å²) < 4.78 is 6.87. The molecule has 2 rings (SSSR count). The number of halogens is 1. The van der Waals surface area contributed by atoms with Crippen LogP contribution in [0.1, 0.15) is 43.3 Å². The summed E-state index contributed by atoms with van der Waals surface area (Å²) in [5.41, 5.74) is 3.51. The van der Waals surface area contributed by atoms with Crippen LogP contribution in [-0.2, 0) is 20.9 Å². The van der Waals surface area contributed by atoms with Crippen molar-refractivity contribution in [1.82, 2.24) is 15.1 Å². The zero-order valence-corrected chi connectivity index (χ0v) is 18.3. The Hall–Kier alpha value is -2.60. The van der Waals surface area contributed by atoms with Crippen molar-refractivity contribution in [2.75, 3.05) is 6.61 Å². The normalized spacial score (nSPS) is 12.4. The lowest BCUT2D eigenvalue weighted by molar-refractivity contribution is -0.144. The largest absolute Gasteiger partial charge is 0.452 e. The predicted molar refractivity (Wildman–Crippen MR) is 115 cm³/mol. The minimum atomic E-state index is -0.574. The number of nitrogens with one attached hydrogen (secondary N) is 1. The molecule has 1 aromatic heterocycles. The summed E-state index contributed by atoms with van der Waals surface area (Å²) in [6.07, 6.45) is 2.98. The van der Waals surface area contributed by atoms with Gasteiger partial charge >= 0.3 is 5.97 Å². The van der Waals surface area contributed by atoms with Gasteiger partial charge in [-0.2, -0.15) is 5.10 Å². The van der Waals surface area contributed by atoms with E-state index in [2.05, 4.69) is 10.4 Å². The number of hydrogen-bond acceptors (Lipinski definition) is 4. The smallest absolute Gasteiger partial charge is 0.331 e. The maximum atomic E-state index is 12.0. The molecule has 0 spiro atoms. The van der Waals surface area contributed by atoms with Crippen molar-refractivity contribution in [2.45, 2.75) is 47.2 Å². The number of amides is 1. The number of ether oxygens (including phenoxy) is 1. The second-order valence-electron chi connectivity index (χ2n) is 7.37. The van der Waals surface area contributed by atoms with Crippen LogP contribution >= 0.6 is 11.6 Å². The molecule has 29 heavy (non-hydrogen) atoms. The van der Waals surface area contributed by atoms with Gasteiger partial charge in [-0.15, -0.1) is 0 Å². The number of benzene rings is 1. The Morgan fingerprint density at radius 1 is 1.24 bits per heavy atom. The molecule has 0 fully saturated rings. The summed E-state index contributed by atoms with van der Waals surface area (Å²) in [6.45, 7) is 9.98. The Labute approximate surface area is 176 Å². The van der Waals surface area contributed by atoms with Crippen molar-refractivity contribution < 1.29 is 14.3 Å². The van der Waals surface area contributed by atoms with Crippen molar-refractivity contribution in [1.29, 1.82) is 0 Å². The van der Waals surface area contributed by atoms with Crippen LogP contribution in [0.3, 0.4) is 0 Å². The van der Waals surface area contributed by atoms with E-state index in [0.717, 1.165) is 22.5 Å². The SMILES string of the molecule is Cc1nn(Cc2ccccc2Cl)c(C)c1/C=C/C(=O)OCC(=O)NC(C)C(C)C. The maximum Gasteiger partial charge on any atom is 0.331 e.